The lowest BCUT2D eigenvalue weighted by atomic mass is 10.3. The zero-order valence-corrected chi connectivity index (χ0v) is 10.0. The van der Waals surface area contributed by atoms with Gasteiger partial charge in [0.1, 0.15) is 5.82 Å². The second-order valence-electron chi connectivity index (χ2n) is 4.74. The third-order valence-corrected chi connectivity index (χ3v) is 3.06. The molecule has 0 aromatic carbocycles. The van der Waals surface area contributed by atoms with Crippen LogP contribution in [-0.2, 0) is 0 Å². The van der Waals surface area contributed by atoms with Crippen molar-refractivity contribution in [2.45, 2.75) is 32.2 Å². The number of nitrogens with zero attached hydrogens (tertiary/aromatic N) is 3. The van der Waals surface area contributed by atoms with Gasteiger partial charge in [-0.2, -0.15) is 15.1 Å². The SMILES string of the molecule is CCNc1nc(NC2(C)CC2)c2cn[nH]c2n1. The fourth-order valence-electron chi connectivity index (χ4n) is 1.77. The highest BCUT2D eigenvalue weighted by atomic mass is 15.2. The van der Waals surface area contributed by atoms with E-state index in [-0.39, 0.29) is 5.54 Å². The number of fused-ring (bicyclic) bond motifs is 1. The lowest BCUT2D eigenvalue weighted by molar-refractivity contribution is 0.822. The zero-order valence-electron chi connectivity index (χ0n) is 10.0. The van der Waals surface area contributed by atoms with Crippen LogP contribution in [0.1, 0.15) is 26.7 Å². The zero-order chi connectivity index (χ0) is 11.9. The van der Waals surface area contributed by atoms with Crippen molar-refractivity contribution < 1.29 is 0 Å². The number of anilines is 2. The monoisotopic (exact) mass is 232 g/mol. The summed E-state index contributed by atoms with van der Waals surface area (Å²) in [4.78, 5) is 8.85. The fourth-order valence-corrected chi connectivity index (χ4v) is 1.77. The molecule has 6 nitrogen and oxygen atoms in total. The number of aromatic amines is 1. The van der Waals surface area contributed by atoms with Crippen LogP contribution in [0.25, 0.3) is 11.0 Å². The van der Waals surface area contributed by atoms with Crippen molar-refractivity contribution >= 4 is 22.8 Å². The van der Waals surface area contributed by atoms with Gasteiger partial charge in [0.25, 0.3) is 0 Å². The van der Waals surface area contributed by atoms with Gasteiger partial charge in [-0.05, 0) is 26.7 Å². The predicted octanol–water partition coefficient (Wildman–Crippen LogP) is 1.75. The average molecular weight is 232 g/mol. The van der Waals surface area contributed by atoms with Crippen molar-refractivity contribution in [1.82, 2.24) is 20.2 Å². The second-order valence-corrected chi connectivity index (χ2v) is 4.74. The molecule has 0 amide bonds. The lowest BCUT2D eigenvalue weighted by Gasteiger charge is -2.13. The Morgan fingerprint density at radius 2 is 2.24 bits per heavy atom. The molecule has 90 valence electrons. The van der Waals surface area contributed by atoms with Gasteiger partial charge in [-0.3, -0.25) is 5.10 Å². The van der Waals surface area contributed by atoms with Gasteiger partial charge < -0.3 is 10.6 Å². The maximum atomic E-state index is 4.49. The van der Waals surface area contributed by atoms with Gasteiger partial charge in [-0.15, -0.1) is 0 Å². The molecule has 2 aromatic heterocycles. The maximum absolute atomic E-state index is 4.49. The summed E-state index contributed by atoms with van der Waals surface area (Å²) in [6.45, 7) is 5.03. The Bertz CT molecular complexity index is 542. The first kappa shape index (κ1) is 10.3. The van der Waals surface area contributed by atoms with Crippen LogP contribution >= 0.6 is 0 Å². The number of rotatable bonds is 4. The first-order chi connectivity index (χ1) is 8.20. The molecule has 6 heteroatoms. The minimum Gasteiger partial charge on any atom is -0.364 e. The van der Waals surface area contributed by atoms with Crippen LogP contribution in [0, 0.1) is 0 Å². The predicted molar refractivity (Wildman–Crippen MR) is 67.1 cm³/mol. The highest BCUT2D eigenvalue weighted by Gasteiger charge is 2.38. The van der Waals surface area contributed by atoms with Crippen LogP contribution in [0.5, 0.6) is 0 Å². The second kappa shape index (κ2) is 3.58. The molecular formula is C11H16N6. The Balaban J connectivity index is 2.03. The number of H-pyrrole nitrogens is 1. The van der Waals surface area contributed by atoms with Crippen LogP contribution in [0.3, 0.4) is 0 Å². The normalized spacial score (nSPS) is 17.1. The summed E-state index contributed by atoms with van der Waals surface area (Å²) >= 11 is 0. The molecule has 1 saturated carbocycles. The summed E-state index contributed by atoms with van der Waals surface area (Å²) in [5, 5.41) is 14.4. The number of hydrogen-bond donors (Lipinski definition) is 3. The van der Waals surface area contributed by atoms with Gasteiger partial charge in [0.05, 0.1) is 11.6 Å². The van der Waals surface area contributed by atoms with Gasteiger partial charge in [-0.25, -0.2) is 0 Å². The molecule has 1 aliphatic rings. The van der Waals surface area contributed by atoms with Crippen molar-refractivity contribution in [1.29, 1.82) is 0 Å². The molecule has 0 saturated heterocycles. The summed E-state index contributed by atoms with van der Waals surface area (Å²) in [5.74, 6) is 1.50. The number of hydrogen-bond acceptors (Lipinski definition) is 5. The standard InChI is InChI=1S/C11H16N6/c1-3-12-10-14-8(16-11(2)4-5-11)7-6-13-17-9(7)15-10/h6H,3-5H2,1-2H3,(H3,12,13,14,15,16,17). The molecule has 2 aromatic rings. The van der Waals surface area contributed by atoms with E-state index in [0.717, 1.165) is 23.4 Å². The van der Waals surface area contributed by atoms with E-state index >= 15 is 0 Å². The molecule has 1 aliphatic carbocycles. The summed E-state index contributed by atoms with van der Waals surface area (Å²) < 4.78 is 0. The summed E-state index contributed by atoms with van der Waals surface area (Å²) in [6.07, 6.45) is 4.14. The van der Waals surface area contributed by atoms with E-state index in [1.54, 1.807) is 6.20 Å². The van der Waals surface area contributed by atoms with Gasteiger partial charge in [0, 0.05) is 12.1 Å². The molecular weight excluding hydrogens is 216 g/mol. The summed E-state index contributed by atoms with van der Waals surface area (Å²) in [6, 6.07) is 0. The molecule has 0 unspecified atom stereocenters. The minimum absolute atomic E-state index is 0.196. The van der Waals surface area contributed by atoms with Gasteiger partial charge >= 0.3 is 0 Å². The molecule has 0 radical (unpaired) electrons. The van der Waals surface area contributed by atoms with Crippen LogP contribution in [0.2, 0.25) is 0 Å². The molecule has 0 aliphatic heterocycles. The molecule has 0 atom stereocenters. The third kappa shape index (κ3) is 1.90. The maximum Gasteiger partial charge on any atom is 0.226 e. The Morgan fingerprint density at radius 1 is 1.41 bits per heavy atom. The van der Waals surface area contributed by atoms with E-state index < -0.39 is 0 Å². The Morgan fingerprint density at radius 3 is 2.94 bits per heavy atom. The van der Waals surface area contributed by atoms with Crippen LogP contribution in [0.4, 0.5) is 11.8 Å². The highest BCUT2D eigenvalue weighted by Crippen LogP contribution is 2.39. The molecule has 3 N–H and O–H groups in total. The first-order valence-electron chi connectivity index (χ1n) is 5.93. The van der Waals surface area contributed by atoms with Crippen LogP contribution in [-0.4, -0.2) is 32.2 Å². The largest absolute Gasteiger partial charge is 0.364 e. The first-order valence-corrected chi connectivity index (χ1v) is 5.93. The Labute approximate surface area is 99.2 Å². The van der Waals surface area contributed by atoms with E-state index in [2.05, 4.69) is 37.7 Å². The minimum atomic E-state index is 0.196. The topological polar surface area (TPSA) is 78.5 Å². The van der Waals surface area contributed by atoms with Gasteiger partial charge in [0.15, 0.2) is 5.65 Å². The molecule has 0 spiro atoms. The molecule has 1 fully saturated rings. The van der Waals surface area contributed by atoms with E-state index in [9.17, 15) is 0 Å². The number of nitrogens with one attached hydrogen (secondary N) is 3. The fraction of sp³-hybridized carbons (Fsp3) is 0.545. The van der Waals surface area contributed by atoms with Crippen molar-refractivity contribution in [3.63, 3.8) is 0 Å². The summed E-state index contributed by atoms with van der Waals surface area (Å²) in [7, 11) is 0. The van der Waals surface area contributed by atoms with Gasteiger partial charge in [0.2, 0.25) is 5.95 Å². The van der Waals surface area contributed by atoms with E-state index in [0.29, 0.717) is 5.95 Å². The Kier molecular flexibility index (Phi) is 2.17. The van der Waals surface area contributed by atoms with Crippen molar-refractivity contribution in [2.75, 3.05) is 17.2 Å². The summed E-state index contributed by atoms with van der Waals surface area (Å²) in [5.41, 5.74) is 0.963. The van der Waals surface area contributed by atoms with Crippen LogP contribution in [0.15, 0.2) is 6.20 Å². The van der Waals surface area contributed by atoms with E-state index in [4.69, 9.17) is 0 Å². The molecule has 3 rings (SSSR count). The molecule has 2 heterocycles. The quantitative estimate of drug-likeness (QED) is 0.748. The number of aromatic nitrogens is 4. The van der Waals surface area contributed by atoms with E-state index in [1.165, 1.54) is 12.8 Å². The Hall–Kier alpha value is -1.85. The van der Waals surface area contributed by atoms with Gasteiger partial charge in [-0.1, -0.05) is 0 Å². The highest BCUT2D eigenvalue weighted by molar-refractivity contribution is 5.87. The average Bonchev–Trinajstić information content (AvgIpc) is 2.83. The van der Waals surface area contributed by atoms with Crippen molar-refractivity contribution in [3.05, 3.63) is 6.20 Å². The smallest absolute Gasteiger partial charge is 0.226 e. The van der Waals surface area contributed by atoms with E-state index in [1.807, 2.05) is 6.92 Å². The molecule has 17 heavy (non-hydrogen) atoms. The van der Waals surface area contributed by atoms with Crippen LogP contribution < -0.4 is 10.6 Å². The third-order valence-electron chi connectivity index (χ3n) is 3.06. The lowest BCUT2D eigenvalue weighted by Crippen LogP contribution is -2.18. The molecule has 0 bridgehead atoms. The van der Waals surface area contributed by atoms with Crippen molar-refractivity contribution in [2.24, 2.45) is 0 Å². The van der Waals surface area contributed by atoms with Crippen molar-refractivity contribution in [3.8, 4) is 0 Å².